The number of hydrogen-bond donors (Lipinski definition) is 2. The van der Waals surface area contributed by atoms with Gasteiger partial charge in [-0.25, -0.2) is 19.7 Å². The third-order valence-electron chi connectivity index (χ3n) is 7.79. The van der Waals surface area contributed by atoms with Crippen LogP contribution in [0, 0.1) is 13.8 Å². The van der Waals surface area contributed by atoms with Crippen LogP contribution in [0.1, 0.15) is 81.5 Å². The number of carbonyl (C=O) groups is 2. The van der Waals surface area contributed by atoms with Crippen LogP contribution in [-0.2, 0) is 12.7 Å². The number of anilines is 2. The molecule has 3 aromatic rings. The number of nitrogens with one attached hydrogen (secondary N) is 1. The average Bonchev–Trinajstić information content (AvgIpc) is 3.75. The highest BCUT2D eigenvalue weighted by Crippen LogP contribution is 2.42. The van der Waals surface area contributed by atoms with Gasteiger partial charge < -0.3 is 20.2 Å². The topological polar surface area (TPSA) is 112 Å². The average molecular weight is 583 g/mol. The fraction of sp³-hybridized carbons (Fsp3) is 0.433. The number of carbonyl (C=O) groups excluding carboxylic acids is 1. The molecule has 1 saturated carbocycles. The largest absolute Gasteiger partial charge is 0.478 e. The molecule has 9 nitrogen and oxygen atoms in total. The Bertz CT molecular complexity index is 1500. The van der Waals surface area contributed by atoms with E-state index < -0.39 is 23.2 Å². The summed E-state index contributed by atoms with van der Waals surface area (Å²) >= 11 is 0. The third-order valence-corrected chi connectivity index (χ3v) is 7.79. The lowest BCUT2D eigenvalue weighted by Crippen LogP contribution is -2.61. The zero-order valence-corrected chi connectivity index (χ0v) is 23.9. The van der Waals surface area contributed by atoms with E-state index in [-0.39, 0.29) is 29.6 Å². The predicted molar refractivity (Wildman–Crippen MR) is 151 cm³/mol. The highest BCUT2D eigenvalue weighted by molar-refractivity contribution is 5.93. The summed E-state index contributed by atoms with van der Waals surface area (Å²) in [6.45, 7) is 9.08. The molecule has 12 heteroatoms. The predicted octanol–water partition coefficient (Wildman–Crippen LogP) is 5.44. The fourth-order valence-corrected chi connectivity index (χ4v) is 5.44. The first kappa shape index (κ1) is 29.3. The zero-order chi connectivity index (χ0) is 30.4. The first-order valence-corrected chi connectivity index (χ1v) is 13.8. The van der Waals surface area contributed by atoms with Crippen molar-refractivity contribution >= 4 is 23.5 Å². The third kappa shape index (κ3) is 6.02. The van der Waals surface area contributed by atoms with E-state index in [0.717, 1.165) is 25.0 Å². The maximum atomic E-state index is 13.7. The van der Waals surface area contributed by atoms with Crippen LogP contribution < -0.4 is 10.2 Å². The van der Waals surface area contributed by atoms with Gasteiger partial charge >= 0.3 is 12.1 Å². The number of alkyl halides is 3. The van der Waals surface area contributed by atoms with Crippen LogP contribution in [0.25, 0.3) is 0 Å². The first-order chi connectivity index (χ1) is 19.7. The van der Waals surface area contributed by atoms with Crippen molar-refractivity contribution in [1.29, 1.82) is 0 Å². The van der Waals surface area contributed by atoms with Crippen molar-refractivity contribution in [3.63, 3.8) is 0 Å². The lowest BCUT2D eigenvalue weighted by atomic mass is 9.97. The smallest absolute Gasteiger partial charge is 0.416 e. The molecule has 0 spiro atoms. The Labute approximate surface area is 241 Å². The van der Waals surface area contributed by atoms with Crippen molar-refractivity contribution in [2.75, 3.05) is 29.9 Å². The molecule has 2 aromatic heterocycles. The summed E-state index contributed by atoms with van der Waals surface area (Å²) in [5.41, 5.74) is 1.62. The molecule has 0 unspecified atom stereocenters. The maximum Gasteiger partial charge on any atom is 0.416 e. The molecule has 0 radical (unpaired) electrons. The number of aryl methyl sites for hydroxylation is 2. The Hall–Kier alpha value is -4.22. The maximum absolute atomic E-state index is 13.7. The van der Waals surface area contributed by atoms with E-state index in [9.17, 15) is 27.9 Å². The molecule has 0 bridgehead atoms. The van der Waals surface area contributed by atoms with Crippen LogP contribution in [0.2, 0.25) is 0 Å². The summed E-state index contributed by atoms with van der Waals surface area (Å²) in [6.07, 6.45) is -1.08. The highest BCUT2D eigenvalue weighted by atomic mass is 19.4. The minimum absolute atomic E-state index is 0.177. The molecule has 222 valence electrons. The van der Waals surface area contributed by atoms with E-state index in [1.54, 1.807) is 24.8 Å². The number of piperazine rings is 1. The minimum Gasteiger partial charge on any atom is -0.478 e. The van der Waals surface area contributed by atoms with Crippen LogP contribution in [0.5, 0.6) is 0 Å². The number of amides is 1. The first-order valence-electron chi connectivity index (χ1n) is 13.8. The molecule has 1 aliphatic heterocycles. The summed E-state index contributed by atoms with van der Waals surface area (Å²) in [4.78, 5) is 42.9. The molecule has 3 heterocycles. The molecule has 5 rings (SSSR count). The van der Waals surface area contributed by atoms with Crippen LogP contribution in [0.4, 0.5) is 24.8 Å². The molecule has 1 aromatic carbocycles. The Morgan fingerprint density at radius 1 is 1.10 bits per heavy atom. The molecule has 1 saturated heterocycles. The number of carboxylic acids is 1. The second-order valence-corrected chi connectivity index (χ2v) is 11.6. The van der Waals surface area contributed by atoms with Gasteiger partial charge in [0, 0.05) is 32.1 Å². The number of hydrogen-bond acceptors (Lipinski definition) is 7. The summed E-state index contributed by atoms with van der Waals surface area (Å²) in [6, 6.07) is 6.74. The second-order valence-electron chi connectivity index (χ2n) is 11.6. The van der Waals surface area contributed by atoms with Crippen molar-refractivity contribution in [3.8, 4) is 0 Å². The molecular formula is C30H33F3N6O3. The van der Waals surface area contributed by atoms with Gasteiger partial charge in [-0.05, 0) is 69.9 Å². The molecule has 42 heavy (non-hydrogen) atoms. The van der Waals surface area contributed by atoms with Crippen molar-refractivity contribution in [2.45, 2.75) is 64.7 Å². The number of rotatable bonds is 7. The van der Waals surface area contributed by atoms with Crippen LogP contribution >= 0.6 is 0 Å². The fourth-order valence-electron chi connectivity index (χ4n) is 5.44. The summed E-state index contributed by atoms with van der Waals surface area (Å²) in [5, 5.41) is 12.7. The van der Waals surface area contributed by atoms with Gasteiger partial charge in [0.15, 0.2) is 0 Å². The number of halogens is 3. The second kappa shape index (κ2) is 10.9. The monoisotopic (exact) mass is 582 g/mol. The number of pyridine rings is 1. The Morgan fingerprint density at radius 2 is 1.79 bits per heavy atom. The number of benzene rings is 1. The van der Waals surface area contributed by atoms with Crippen molar-refractivity contribution < 1.29 is 27.9 Å². The molecule has 2 fully saturated rings. The number of aromatic carboxylic acids is 1. The molecule has 1 aliphatic carbocycles. The SMILES string of the molecule is Cc1cc(N2CCN(C(=O)c3cnc(NCc4ccc(C(F)(F)F)cc4)c(C4CC4)n3)C(C)(C)C2)nc(C)c1C(=O)O. The summed E-state index contributed by atoms with van der Waals surface area (Å²) < 4.78 is 38.6. The molecule has 2 N–H and O–H groups in total. The van der Waals surface area contributed by atoms with Gasteiger partial charge in [-0.1, -0.05) is 12.1 Å². The number of aromatic nitrogens is 3. The highest BCUT2D eigenvalue weighted by Gasteiger charge is 2.39. The van der Waals surface area contributed by atoms with Gasteiger partial charge in [0.1, 0.15) is 17.3 Å². The van der Waals surface area contributed by atoms with E-state index in [2.05, 4.69) is 20.2 Å². The van der Waals surface area contributed by atoms with Crippen LogP contribution in [-0.4, -0.2) is 62.0 Å². The number of carboxylic acid groups (broad SMARTS) is 1. The molecular weight excluding hydrogens is 549 g/mol. The summed E-state index contributed by atoms with van der Waals surface area (Å²) in [5.74, 6) is 0.141. The van der Waals surface area contributed by atoms with E-state index in [1.165, 1.54) is 18.3 Å². The van der Waals surface area contributed by atoms with Crippen molar-refractivity contribution in [1.82, 2.24) is 19.9 Å². The normalized spacial score (nSPS) is 16.8. The Morgan fingerprint density at radius 3 is 2.36 bits per heavy atom. The number of nitrogens with zero attached hydrogens (tertiary/aromatic N) is 5. The lowest BCUT2D eigenvalue weighted by molar-refractivity contribution is -0.137. The lowest BCUT2D eigenvalue weighted by Gasteiger charge is -2.47. The summed E-state index contributed by atoms with van der Waals surface area (Å²) in [7, 11) is 0. The van der Waals surface area contributed by atoms with Gasteiger partial charge in [0.25, 0.3) is 5.91 Å². The van der Waals surface area contributed by atoms with E-state index in [0.29, 0.717) is 53.8 Å². The van der Waals surface area contributed by atoms with Gasteiger partial charge in [-0.3, -0.25) is 4.79 Å². The van der Waals surface area contributed by atoms with Gasteiger partial charge in [0.05, 0.1) is 34.3 Å². The van der Waals surface area contributed by atoms with Crippen LogP contribution in [0.15, 0.2) is 36.5 Å². The molecule has 0 atom stereocenters. The van der Waals surface area contributed by atoms with Gasteiger partial charge in [-0.2, -0.15) is 13.2 Å². The minimum atomic E-state index is -4.39. The quantitative estimate of drug-likeness (QED) is 0.379. The standard InChI is InChI=1S/C30H33F3N6O3/c1-17-13-23(36-18(2)24(17)28(41)42)38-11-12-39(29(3,4)16-38)27(40)22-15-35-26(25(37-22)20-7-8-20)34-14-19-5-9-21(10-6-19)30(31,32)33/h5-6,9-10,13,15,20H,7-8,11-12,14,16H2,1-4H3,(H,34,35)(H,41,42). The van der Waals surface area contributed by atoms with E-state index in [1.807, 2.05) is 13.8 Å². The zero-order valence-electron chi connectivity index (χ0n) is 23.9. The molecule has 1 amide bonds. The van der Waals surface area contributed by atoms with Gasteiger partial charge in [0.2, 0.25) is 0 Å². The van der Waals surface area contributed by atoms with Crippen molar-refractivity contribution in [2.24, 2.45) is 0 Å². The Kier molecular flexibility index (Phi) is 7.59. The Balaban J connectivity index is 1.30. The van der Waals surface area contributed by atoms with E-state index >= 15 is 0 Å². The van der Waals surface area contributed by atoms with E-state index in [4.69, 9.17) is 4.98 Å². The van der Waals surface area contributed by atoms with Gasteiger partial charge in [-0.15, -0.1) is 0 Å². The van der Waals surface area contributed by atoms with Crippen LogP contribution in [0.3, 0.4) is 0 Å². The van der Waals surface area contributed by atoms with Crippen molar-refractivity contribution in [3.05, 3.63) is 75.9 Å². The molecule has 2 aliphatic rings.